The van der Waals surface area contributed by atoms with E-state index in [1.54, 1.807) is 68.4 Å². The van der Waals surface area contributed by atoms with Crippen LogP contribution in [0.2, 0.25) is 5.02 Å². The minimum atomic E-state index is -4.63. The number of amides is 11. The van der Waals surface area contributed by atoms with Crippen molar-refractivity contribution in [3.8, 4) is 0 Å². The maximum atomic E-state index is 15.1. The van der Waals surface area contributed by atoms with Crippen LogP contribution < -0.4 is 16.0 Å². The lowest BCUT2D eigenvalue weighted by atomic mass is 9.97. The van der Waals surface area contributed by atoms with Crippen LogP contribution in [0.3, 0.4) is 0 Å². The molecule has 3 aromatic rings. The molecule has 9 atom stereocenters. The van der Waals surface area contributed by atoms with Gasteiger partial charge in [-0.25, -0.2) is 0 Å². The van der Waals surface area contributed by atoms with Crippen molar-refractivity contribution in [2.75, 3.05) is 76.0 Å². The highest BCUT2D eigenvalue weighted by molar-refractivity contribution is 6.30. The van der Waals surface area contributed by atoms with Gasteiger partial charge < -0.3 is 55.1 Å². The fourth-order valence-corrected chi connectivity index (χ4v) is 10.5. The molecule has 1 aliphatic heterocycles. The highest BCUT2D eigenvalue weighted by Gasteiger charge is 2.41. The van der Waals surface area contributed by atoms with Crippen LogP contribution in [-0.4, -0.2) is 229 Å². The summed E-state index contributed by atoms with van der Waals surface area (Å²) < 4.78 is 40.8. The van der Waals surface area contributed by atoms with Crippen molar-refractivity contribution in [1.29, 1.82) is 0 Å². The maximum Gasteiger partial charge on any atom is 0.416 e. The van der Waals surface area contributed by atoms with Gasteiger partial charge in [0, 0.05) is 86.7 Å². The van der Waals surface area contributed by atoms with Gasteiger partial charge in [0.2, 0.25) is 65.0 Å². The fraction of sp³-hybridized carbons (Fsp3) is 0.554. The molecule has 1 heterocycles. The molecule has 0 bridgehead atoms. The lowest BCUT2D eigenvalue weighted by Gasteiger charge is -2.37. The summed E-state index contributed by atoms with van der Waals surface area (Å²) in [6.45, 7) is 9.91. The summed E-state index contributed by atoms with van der Waals surface area (Å²) in [6, 6.07) is 9.79. The van der Waals surface area contributed by atoms with Crippen LogP contribution in [0.25, 0.3) is 0 Å². The van der Waals surface area contributed by atoms with Gasteiger partial charge in [-0.05, 0) is 92.8 Å². The summed E-state index contributed by atoms with van der Waals surface area (Å²) >= 11 is 6.19. The second-order valence-electron chi connectivity index (χ2n) is 24.4. The number of nitrogens with zero attached hydrogens (tertiary/aromatic N) is 8. The summed E-state index contributed by atoms with van der Waals surface area (Å²) in [5.41, 5.74) is 0.664. The molecule has 0 aromatic heterocycles. The molecule has 1 saturated heterocycles. The van der Waals surface area contributed by atoms with E-state index in [0.29, 0.717) is 28.1 Å². The number of hydrogen-bond acceptors (Lipinski definition) is 11. The van der Waals surface area contributed by atoms with Gasteiger partial charge in [-0.1, -0.05) is 100 Å². The van der Waals surface area contributed by atoms with Crippen molar-refractivity contribution in [2.45, 2.75) is 148 Å². The van der Waals surface area contributed by atoms with E-state index in [0.717, 1.165) is 36.6 Å². The van der Waals surface area contributed by atoms with Crippen LogP contribution in [0.15, 0.2) is 78.9 Å². The molecule has 11 amide bonds. The van der Waals surface area contributed by atoms with Gasteiger partial charge in [0.15, 0.2) is 0 Å². The van der Waals surface area contributed by atoms with E-state index in [4.69, 9.17) is 11.6 Å². The molecule has 3 aromatic carbocycles. The number of hydrogen-bond donors (Lipinski definition) is 3. The Hall–Kier alpha value is -8.09. The van der Waals surface area contributed by atoms with Crippen molar-refractivity contribution in [3.63, 3.8) is 0 Å². The molecule has 91 heavy (non-hydrogen) atoms. The van der Waals surface area contributed by atoms with Crippen molar-refractivity contribution < 1.29 is 65.9 Å². The van der Waals surface area contributed by atoms with Crippen LogP contribution in [0.4, 0.5) is 13.2 Å². The summed E-state index contributed by atoms with van der Waals surface area (Å²) in [6.07, 6.45) is -4.76. The number of rotatable bonds is 11. The second-order valence-corrected chi connectivity index (χ2v) is 24.8. The molecular weight excluding hydrogens is 1200 g/mol. The minimum absolute atomic E-state index is 0.0438. The summed E-state index contributed by atoms with van der Waals surface area (Å²) in [7, 11) is 10.9. The number of halogens is 4. The highest BCUT2D eigenvalue weighted by Crippen LogP contribution is 2.30. The Morgan fingerprint density at radius 3 is 1.60 bits per heavy atom. The Bertz CT molecular complexity index is 3050. The highest BCUT2D eigenvalue weighted by atomic mass is 35.5. The third kappa shape index (κ3) is 21.2. The predicted octanol–water partition coefficient (Wildman–Crippen LogP) is 4.30. The first-order valence-corrected chi connectivity index (χ1v) is 30.8. The first kappa shape index (κ1) is 75.4. The van der Waals surface area contributed by atoms with Crippen molar-refractivity contribution in [2.24, 2.45) is 11.8 Å². The Morgan fingerprint density at radius 1 is 0.516 bits per heavy atom. The van der Waals surface area contributed by atoms with E-state index in [-0.39, 0.29) is 44.4 Å². The third-order valence-corrected chi connectivity index (χ3v) is 17.2. The Morgan fingerprint density at radius 2 is 1.04 bits per heavy atom. The van der Waals surface area contributed by atoms with Gasteiger partial charge in [0.25, 0.3) is 0 Å². The van der Waals surface area contributed by atoms with E-state index in [1.165, 1.54) is 97.1 Å². The molecule has 0 unspecified atom stereocenters. The lowest BCUT2D eigenvalue weighted by molar-refractivity contribution is -0.152. The largest absolute Gasteiger partial charge is 0.416 e. The molecule has 1 aliphatic rings. The maximum absolute atomic E-state index is 15.1. The molecule has 0 spiro atoms. The third-order valence-electron chi connectivity index (χ3n) is 16.9. The lowest BCUT2D eigenvalue weighted by Crippen LogP contribution is -2.59. The summed E-state index contributed by atoms with van der Waals surface area (Å²) in [4.78, 5) is 167. The predicted molar refractivity (Wildman–Crippen MR) is 337 cm³/mol. The topological polar surface area (TPSA) is 250 Å². The average molecular weight is 1290 g/mol. The first-order chi connectivity index (χ1) is 42.5. The van der Waals surface area contributed by atoms with Crippen molar-refractivity contribution >= 4 is 76.6 Å². The number of aryl methyl sites for hydroxylation is 1. The Balaban J connectivity index is 1.83. The van der Waals surface area contributed by atoms with Gasteiger partial charge in [-0.15, -0.1) is 0 Å². The van der Waals surface area contributed by atoms with Crippen LogP contribution in [-0.2, 0) is 78.2 Å². The van der Waals surface area contributed by atoms with E-state index in [1.807, 2.05) is 20.8 Å². The smallest absolute Gasteiger partial charge is 0.351 e. The van der Waals surface area contributed by atoms with E-state index >= 15 is 4.79 Å². The summed E-state index contributed by atoms with van der Waals surface area (Å²) in [5, 5.41) is 8.68. The van der Waals surface area contributed by atoms with Crippen molar-refractivity contribution in [1.82, 2.24) is 55.1 Å². The molecule has 0 saturated carbocycles. The molecular formula is C65H91ClF3N11O11. The van der Waals surface area contributed by atoms with Gasteiger partial charge >= 0.3 is 6.18 Å². The standard InChI is InChI=1S/C65H91ClF3N11O11/c1-16-40(4)57-64(91)75(10)37-55(83)73(8)38-56(84)78(13)51(35-46-24-29-48(66)30-25-46)62(89)74(9)36-53(81)71-49(31-26-44-22-27-47(28-23-44)65(67,68)69)61(88)77(12)43(7)60(87)80(15)52(34-45-20-18-17-19-21-45)63(90)79(14)50(32-39(2)3)59(86)70-41(5)33-54(82)76(11)42(6)58(85)72-57/h17-25,27-30,39-43,49-52,57H,16,26,31-38H2,1-15H3,(H,70,86)(H,71,81)(H,72,85)/t40-,41+,42-,43-,49-,50-,51-,52-,57-/m0/s1. The van der Waals surface area contributed by atoms with Gasteiger partial charge in [0.05, 0.1) is 25.2 Å². The molecule has 26 heteroatoms. The Labute approximate surface area is 537 Å². The fourth-order valence-electron chi connectivity index (χ4n) is 10.4. The van der Waals surface area contributed by atoms with E-state index in [9.17, 15) is 61.1 Å². The molecule has 1 fully saturated rings. The molecule has 0 aliphatic carbocycles. The first-order valence-electron chi connectivity index (χ1n) is 30.4. The zero-order valence-corrected chi connectivity index (χ0v) is 55.7. The van der Waals surface area contributed by atoms with E-state index < -0.39 is 151 Å². The zero-order chi connectivity index (χ0) is 68.5. The van der Waals surface area contributed by atoms with Crippen molar-refractivity contribution in [3.05, 3.63) is 106 Å². The quantitative estimate of drug-likeness (QED) is 0.244. The average Bonchev–Trinajstić information content (AvgIpc) is 0.899. The molecule has 500 valence electrons. The monoisotopic (exact) mass is 1290 g/mol. The van der Waals surface area contributed by atoms with Gasteiger partial charge in [0.1, 0.15) is 42.3 Å². The van der Waals surface area contributed by atoms with Gasteiger partial charge in [-0.2, -0.15) is 13.2 Å². The van der Waals surface area contributed by atoms with Gasteiger partial charge in [-0.3, -0.25) is 52.7 Å². The molecule has 0 radical (unpaired) electrons. The van der Waals surface area contributed by atoms with Crippen LogP contribution in [0.5, 0.6) is 0 Å². The second kappa shape index (κ2) is 33.8. The number of alkyl halides is 3. The zero-order valence-electron chi connectivity index (χ0n) is 54.9. The number of benzene rings is 3. The Kier molecular flexibility index (Phi) is 28.0. The molecule has 22 nitrogen and oxygen atoms in total. The molecule has 3 N–H and O–H groups in total. The van der Waals surface area contributed by atoms with Crippen LogP contribution in [0, 0.1) is 11.8 Å². The van der Waals surface area contributed by atoms with E-state index in [2.05, 4.69) is 16.0 Å². The summed E-state index contributed by atoms with van der Waals surface area (Å²) in [5.74, 6) is -8.30. The molecule has 4 rings (SSSR count). The van der Waals surface area contributed by atoms with Crippen LogP contribution in [0.1, 0.15) is 96.4 Å². The minimum Gasteiger partial charge on any atom is -0.351 e. The van der Waals surface area contributed by atoms with Crippen LogP contribution >= 0.6 is 11.6 Å². The number of carbonyl (C=O) groups excluding carboxylic acids is 11. The number of nitrogens with one attached hydrogen (secondary N) is 3. The normalized spacial score (nSPS) is 23.8. The number of carbonyl (C=O) groups is 11. The SMILES string of the molecule is CC[C@H](C)[C@@H]1NC(=O)[C@H](C)N(C)C(=O)C[C@@H](C)NC(=O)[C@H](CC(C)C)N(C)C(=O)[C@H](Cc2ccccc2)N(C)C(=O)[C@H](C)N(C)C(=O)[C@H](CCc2ccc(C(F)(F)F)cc2)NC(=O)CN(C)C(=O)[C@H](Cc2ccc(Cl)cc2)N(C)C(=O)CN(C)C(=O)CN(C)C1=O. The number of likely N-dealkylation sites (N-methyl/N-ethyl adjacent to an activating group) is 8.